The molecule has 4 rings (SSSR count). The first-order valence-corrected chi connectivity index (χ1v) is 7.34. The van der Waals surface area contributed by atoms with E-state index in [1.165, 1.54) is 0 Å². The summed E-state index contributed by atoms with van der Waals surface area (Å²) in [6.07, 6.45) is 2.00. The van der Waals surface area contributed by atoms with Crippen LogP contribution in [0.25, 0.3) is 32.8 Å². The molecular weight excluding hydrogens is 292 g/mol. The van der Waals surface area contributed by atoms with E-state index in [-0.39, 0.29) is 0 Å². The van der Waals surface area contributed by atoms with E-state index in [0.29, 0.717) is 5.56 Å². The summed E-state index contributed by atoms with van der Waals surface area (Å²) in [7, 11) is 0. The second kappa shape index (κ2) is 4.91. The maximum atomic E-state index is 9.19. The van der Waals surface area contributed by atoms with Crippen molar-refractivity contribution in [1.29, 1.82) is 5.26 Å². The van der Waals surface area contributed by atoms with Gasteiger partial charge in [-0.1, -0.05) is 41.9 Å². The van der Waals surface area contributed by atoms with Gasteiger partial charge in [0.15, 0.2) is 0 Å². The first-order chi connectivity index (χ1) is 10.8. The van der Waals surface area contributed by atoms with E-state index in [9.17, 15) is 5.26 Å². The molecule has 22 heavy (non-hydrogen) atoms. The summed E-state index contributed by atoms with van der Waals surface area (Å²) in [6.45, 7) is 0. The summed E-state index contributed by atoms with van der Waals surface area (Å²) >= 11 is 6.03. The van der Waals surface area contributed by atoms with E-state index in [4.69, 9.17) is 11.6 Å². The highest BCUT2D eigenvalue weighted by atomic mass is 35.5. The number of hydrogen-bond acceptors (Lipinski definition) is 1. The molecule has 0 amide bonds. The molecule has 104 valence electrons. The Balaban J connectivity index is 1.95. The van der Waals surface area contributed by atoms with E-state index in [1.807, 2.05) is 48.7 Å². The van der Waals surface area contributed by atoms with Crippen LogP contribution in [0, 0.1) is 11.3 Å². The highest BCUT2D eigenvalue weighted by Gasteiger charge is 2.08. The Bertz CT molecular complexity index is 1050. The second-order valence-corrected chi connectivity index (χ2v) is 5.68. The number of aromatic nitrogens is 1. The lowest BCUT2D eigenvalue weighted by Gasteiger charge is -2.04. The maximum absolute atomic E-state index is 9.19. The zero-order chi connectivity index (χ0) is 15.1. The lowest BCUT2D eigenvalue weighted by atomic mass is 9.98. The topological polar surface area (TPSA) is 39.6 Å². The molecule has 0 atom stereocenters. The Morgan fingerprint density at radius 2 is 1.82 bits per heavy atom. The summed E-state index contributed by atoms with van der Waals surface area (Å²) in [5.41, 5.74) is 3.98. The van der Waals surface area contributed by atoms with Gasteiger partial charge in [-0.15, -0.1) is 0 Å². The highest BCUT2D eigenvalue weighted by Crippen LogP contribution is 2.32. The van der Waals surface area contributed by atoms with Gasteiger partial charge >= 0.3 is 0 Å². The molecule has 0 unspecified atom stereocenters. The van der Waals surface area contributed by atoms with Crippen molar-refractivity contribution in [2.24, 2.45) is 0 Å². The molecule has 0 saturated carbocycles. The van der Waals surface area contributed by atoms with Crippen molar-refractivity contribution in [3.63, 3.8) is 0 Å². The molecule has 3 heteroatoms. The van der Waals surface area contributed by atoms with Gasteiger partial charge in [-0.3, -0.25) is 0 Å². The van der Waals surface area contributed by atoms with E-state index >= 15 is 0 Å². The number of nitrogens with one attached hydrogen (secondary N) is 1. The molecule has 0 aliphatic rings. The van der Waals surface area contributed by atoms with Gasteiger partial charge in [0.25, 0.3) is 0 Å². The van der Waals surface area contributed by atoms with Crippen LogP contribution in [0.3, 0.4) is 0 Å². The molecule has 0 bridgehead atoms. The second-order valence-electron chi connectivity index (χ2n) is 5.25. The third-order valence-electron chi connectivity index (χ3n) is 3.96. The van der Waals surface area contributed by atoms with Crippen molar-refractivity contribution in [2.75, 3.05) is 0 Å². The predicted molar refractivity (Wildman–Crippen MR) is 91.0 cm³/mol. The van der Waals surface area contributed by atoms with Crippen LogP contribution < -0.4 is 0 Å². The fourth-order valence-electron chi connectivity index (χ4n) is 2.89. The first-order valence-electron chi connectivity index (χ1n) is 6.96. The fourth-order valence-corrected chi connectivity index (χ4v) is 3.06. The van der Waals surface area contributed by atoms with E-state index in [0.717, 1.165) is 37.8 Å². The van der Waals surface area contributed by atoms with Gasteiger partial charge in [-0.05, 0) is 40.6 Å². The Hall–Kier alpha value is -2.76. The van der Waals surface area contributed by atoms with Gasteiger partial charge in [0.05, 0.1) is 11.6 Å². The lowest BCUT2D eigenvalue weighted by molar-refractivity contribution is 1.47. The number of aromatic amines is 1. The van der Waals surface area contributed by atoms with Crippen molar-refractivity contribution < 1.29 is 0 Å². The van der Waals surface area contributed by atoms with Crippen LogP contribution in [0.2, 0.25) is 5.02 Å². The smallest absolute Gasteiger partial charge is 0.0998 e. The van der Waals surface area contributed by atoms with Gasteiger partial charge in [0.2, 0.25) is 0 Å². The Labute approximate surface area is 132 Å². The predicted octanol–water partition coefficient (Wildman–Crippen LogP) is 5.51. The highest BCUT2D eigenvalue weighted by molar-refractivity contribution is 6.31. The van der Waals surface area contributed by atoms with Crippen molar-refractivity contribution in [2.45, 2.75) is 0 Å². The maximum Gasteiger partial charge on any atom is 0.0998 e. The van der Waals surface area contributed by atoms with E-state index in [2.05, 4.69) is 23.2 Å². The number of benzene rings is 3. The number of nitrogens with zero attached hydrogens (tertiary/aromatic N) is 1. The minimum atomic E-state index is 0.703. The molecule has 0 aliphatic carbocycles. The van der Waals surface area contributed by atoms with Gasteiger partial charge < -0.3 is 4.98 Å². The molecule has 1 N–H and O–H groups in total. The van der Waals surface area contributed by atoms with Crippen LogP contribution in [-0.2, 0) is 0 Å². The van der Waals surface area contributed by atoms with Crippen molar-refractivity contribution in [3.8, 4) is 17.2 Å². The summed E-state index contributed by atoms with van der Waals surface area (Å²) in [4.78, 5) is 3.26. The van der Waals surface area contributed by atoms with Crippen LogP contribution in [0.5, 0.6) is 0 Å². The van der Waals surface area contributed by atoms with Gasteiger partial charge in [0.1, 0.15) is 0 Å². The SMILES string of the molecule is N#Cc1cccc2cc(-c3c[nH]c4cc(Cl)ccc34)ccc12. The normalized spacial score (nSPS) is 10.9. The molecule has 0 aliphatic heterocycles. The largest absolute Gasteiger partial charge is 0.361 e. The number of fused-ring (bicyclic) bond motifs is 2. The Kier molecular flexibility index (Phi) is 2.89. The molecule has 1 aromatic heterocycles. The summed E-state index contributed by atoms with van der Waals surface area (Å²) in [5, 5.41) is 13.1. The van der Waals surface area contributed by atoms with Crippen molar-refractivity contribution >= 4 is 33.3 Å². The third kappa shape index (κ3) is 1.95. The molecule has 0 radical (unpaired) electrons. The number of H-pyrrole nitrogens is 1. The number of nitriles is 1. The monoisotopic (exact) mass is 302 g/mol. The number of hydrogen-bond donors (Lipinski definition) is 1. The van der Waals surface area contributed by atoms with Crippen molar-refractivity contribution in [3.05, 3.63) is 71.4 Å². The van der Waals surface area contributed by atoms with Crippen molar-refractivity contribution in [1.82, 2.24) is 4.98 Å². The zero-order valence-electron chi connectivity index (χ0n) is 11.6. The van der Waals surface area contributed by atoms with Crippen LogP contribution in [0.1, 0.15) is 5.56 Å². The average molecular weight is 303 g/mol. The van der Waals surface area contributed by atoms with E-state index < -0.39 is 0 Å². The van der Waals surface area contributed by atoms with Gasteiger partial charge in [-0.25, -0.2) is 0 Å². The van der Waals surface area contributed by atoms with Gasteiger partial charge in [-0.2, -0.15) is 5.26 Å². The average Bonchev–Trinajstić information content (AvgIpc) is 2.96. The molecule has 4 aromatic rings. The molecule has 1 heterocycles. The fraction of sp³-hybridized carbons (Fsp3) is 0. The molecule has 0 fully saturated rings. The first kappa shape index (κ1) is 12.9. The van der Waals surface area contributed by atoms with Crippen LogP contribution in [0.4, 0.5) is 0 Å². The molecule has 3 aromatic carbocycles. The van der Waals surface area contributed by atoms with E-state index in [1.54, 1.807) is 0 Å². The lowest BCUT2D eigenvalue weighted by Crippen LogP contribution is -1.81. The number of halogens is 1. The standard InChI is InChI=1S/C19H11ClN2/c20-15-5-7-17-18(11-22-19(17)9-15)13-4-6-16-12(8-13)2-1-3-14(16)10-21/h1-9,11,22H. The Morgan fingerprint density at radius 1 is 0.955 bits per heavy atom. The minimum absolute atomic E-state index is 0.703. The molecule has 2 nitrogen and oxygen atoms in total. The van der Waals surface area contributed by atoms with Crippen LogP contribution in [0.15, 0.2) is 60.8 Å². The quantitative estimate of drug-likeness (QED) is 0.494. The molecule has 0 saturated heterocycles. The minimum Gasteiger partial charge on any atom is -0.361 e. The third-order valence-corrected chi connectivity index (χ3v) is 4.19. The van der Waals surface area contributed by atoms with Crippen LogP contribution >= 0.6 is 11.6 Å². The molecular formula is C19H11ClN2. The summed E-state index contributed by atoms with van der Waals surface area (Å²) in [5.74, 6) is 0. The summed E-state index contributed by atoms with van der Waals surface area (Å²) in [6, 6.07) is 20.1. The number of rotatable bonds is 1. The van der Waals surface area contributed by atoms with Crippen LogP contribution in [-0.4, -0.2) is 4.98 Å². The van der Waals surface area contributed by atoms with Gasteiger partial charge in [0, 0.05) is 27.7 Å². The summed E-state index contributed by atoms with van der Waals surface area (Å²) < 4.78 is 0. The molecule has 0 spiro atoms. The zero-order valence-corrected chi connectivity index (χ0v) is 12.4. The Morgan fingerprint density at radius 3 is 2.68 bits per heavy atom.